The van der Waals surface area contributed by atoms with E-state index in [1.54, 1.807) is 13.3 Å². The summed E-state index contributed by atoms with van der Waals surface area (Å²) in [6.45, 7) is 0. The van der Waals surface area contributed by atoms with Crippen LogP contribution in [0, 0.1) is 0 Å². The second-order valence-corrected chi connectivity index (χ2v) is 6.40. The molecule has 1 fully saturated rings. The number of hydrogen-bond acceptors (Lipinski definition) is 5. The van der Waals surface area contributed by atoms with Gasteiger partial charge in [-0.05, 0) is 50.7 Å². The summed E-state index contributed by atoms with van der Waals surface area (Å²) in [7, 11) is 1.80. The number of anilines is 1. The molecule has 0 amide bonds. The van der Waals surface area contributed by atoms with Gasteiger partial charge in [0.25, 0.3) is 0 Å². The molecule has 0 aromatic carbocycles. The van der Waals surface area contributed by atoms with Crippen LogP contribution in [0.2, 0.25) is 0 Å². The zero-order valence-electron chi connectivity index (χ0n) is 13.5. The van der Waals surface area contributed by atoms with Crippen molar-refractivity contribution in [2.45, 2.75) is 50.7 Å². The van der Waals surface area contributed by atoms with Crippen molar-refractivity contribution in [1.29, 1.82) is 0 Å². The highest BCUT2D eigenvalue weighted by Gasteiger charge is 2.27. The molecule has 2 atom stereocenters. The van der Waals surface area contributed by atoms with Crippen LogP contribution in [-0.4, -0.2) is 34.2 Å². The Labute approximate surface area is 136 Å². The molecule has 1 saturated carbocycles. The van der Waals surface area contributed by atoms with Crippen LogP contribution in [0.4, 0.5) is 5.82 Å². The molecule has 0 saturated heterocycles. The molecule has 4 rings (SSSR count). The summed E-state index contributed by atoms with van der Waals surface area (Å²) in [5.41, 5.74) is 3.32. The normalized spacial score (nSPS) is 23.0. The van der Waals surface area contributed by atoms with E-state index in [-0.39, 0.29) is 0 Å². The van der Waals surface area contributed by atoms with Crippen molar-refractivity contribution in [1.82, 2.24) is 15.0 Å². The number of aryl methyl sites for hydroxylation is 1. The first-order valence-corrected chi connectivity index (χ1v) is 8.44. The number of fused-ring (bicyclic) bond motifs is 1. The van der Waals surface area contributed by atoms with Gasteiger partial charge in [0.15, 0.2) is 5.82 Å². The van der Waals surface area contributed by atoms with Gasteiger partial charge in [0.1, 0.15) is 11.5 Å². The monoisotopic (exact) mass is 310 g/mol. The maximum absolute atomic E-state index is 5.48. The van der Waals surface area contributed by atoms with Gasteiger partial charge in [-0.25, -0.2) is 9.97 Å². The number of rotatable bonds is 4. The van der Waals surface area contributed by atoms with E-state index in [1.165, 1.54) is 11.3 Å². The molecule has 2 unspecified atom stereocenters. The second kappa shape index (κ2) is 6.24. The number of aromatic nitrogens is 3. The summed E-state index contributed by atoms with van der Waals surface area (Å²) < 4.78 is 5.48. The third-order valence-electron chi connectivity index (χ3n) is 4.89. The maximum Gasteiger partial charge on any atom is 0.180 e. The lowest BCUT2D eigenvalue weighted by Crippen LogP contribution is -2.19. The molecule has 0 bridgehead atoms. The Kier molecular flexibility index (Phi) is 3.95. The minimum absolute atomic E-state index is 0.373. The summed E-state index contributed by atoms with van der Waals surface area (Å²) in [6.07, 6.45) is 8.74. The third kappa shape index (κ3) is 2.93. The van der Waals surface area contributed by atoms with Crippen LogP contribution in [0.5, 0.6) is 0 Å². The van der Waals surface area contributed by atoms with Crippen molar-refractivity contribution >= 4 is 5.82 Å². The van der Waals surface area contributed by atoms with Gasteiger partial charge in [-0.1, -0.05) is 6.07 Å². The average molecular weight is 310 g/mol. The molecular weight excluding hydrogens is 288 g/mol. The smallest absolute Gasteiger partial charge is 0.180 e. The Morgan fingerprint density at radius 2 is 2.13 bits per heavy atom. The molecule has 2 aromatic heterocycles. The Hall–Kier alpha value is -2.01. The number of methoxy groups -OCH3 is 1. The summed E-state index contributed by atoms with van der Waals surface area (Å²) >= 11 is 0. The summed E-state index contributed by atoms with van der Waals surface area (Å²) in [6, 6.07) is 6.30. The van der Waals surface area contributed by atoms with Crippen LogP contribution in [-0.2, 0) is 17.6 Å². The van der Waals surface area contributed by atoms with Crippen LogP contribution in [0.15, 0.2) is 24.4 Å². The van der Waals surface area contributed by atoms with Gasteiger partial charge in [0.05, 0.1) is 6.10 Å². The lowest BCUT2D eigenvalue weighted by Gasteiger charge is -2.17. The molecule has 2 aliphatic rings. The van der Waals surface area contributed by atoms with Crippen LogP contribution in [0.1, 0.15) is 36.9 Å². The van der Waals surface area contributed by atoms with Gasteiger partial charge in [0, 0.05) is 30.6 Å². The number of nitrogens with one attached hydrogen (secondary N) is 1. The quantitative estimate of drug-likeness (QED) is 0.940. The van der Waals surface area contributed by atoms with E-state index in [1.807, 2.05) is 18.2 Å². The zero-order valence-corrected chi connectivity index (χ0v) is 13.5. The Morgan fingerprint density at radius 1 is 1.17 bits per heavy atom. The lowest BCUT2D eigenvalue weighted by molar-refractivity contribution is 0.108. The summed E-state index contributed by atoms with van der Waals surface area (Å²) in [5, 5.41) is 3.66. The molecule has 0 spiro atoms. The van der Waals surface area contributed by atoms with E-state index in [9.17, 15) is 0 Å². The molecule has 2 aliphatic carbocycles. The minimum Gasteiger partial charge on any atom is -0.381 e. The van der Waals surface area contributed by atoms with Crippen LogP contribution < -0.4 is 5.32 Å². The molecule has 1 N–H and O–H groups in total. The van der Waals surface area contributed by atoms with Gasteiger partial charge in [-0.15, -0.1) is 0 Å². The lowest BCUT2D eigenvalue weighted by atomic mass is 10.2. The first-order valence-electron chi connectivity index (χ1n) is 8.44. The number of hydrogen-bond donors (Lipinski definition) is 1. The van der Waals surface area contributed by atoms with Gasteiger partial charge in [-0.2, -0.15) is 0 Å². The van der Waals surface area contributed by atoms with Crippen molar-refractivity contribution in [3.63, 3.8) is 0 Å². The van der Waals surface area contributed by atoms with Crippen molar-refractivity contribution in [3.8, 4) is 11.5 Å². The number of ether oxygens (including phenoxy) is 1. The summed E-state index contributed by atoms with van der Waals surface area (Å²) in [4.78, 5) is 14.0. The fourth-order valence-corrected chi connectivity index (χ4v) is 3.64. The van der Waals surface area contributed by atoms with E-state index >= 15 is 0 Å². The van der Waals surface area contributed by atoms with E-state index in [0.29, 0.717) is 12.1 Å². The Bertz CT molecular complexity index is 689. The second-order valence-electron chi connectivity index (χ2n) is 6.40. The van der Waals surface area contributed by atoms with Crippen molar-refractivity contribution in [2.24, 2.45) is 0 Å². The molecule has 2 aromatic rings. The molecule has 120 valence electrons. The molecule has 0 radical (unpaired) electrons. The van der Waals surface area contributed by atoms with E-state index in [2.05, 4.69) is 10.3 Å². The predicted octanol–water partition coefficient (Wildman–Crippen LogP) is 3.01. The van der Waals surface area contributed by atoms with Gasteiger partial charge in [-0.3, -0.25) is 4.98 Å². The number of pyridine rings is 1. The SMILES string of the molecule is COC1CCC(Nc2nc(-c3ccccn3)nc3c2CCC3)C1. The van der Waals surface area contributed by atoms with Crippen LogP contribution in [0.25, 0.3) is 11.5 Å². The van der Waals surface area contributed by atoms with E-state index in [4.69, 9.17) is 14.7 Å². The topological polar surface area (TPSA) is 59.9 Å². The van der Waals surface area contributed by atoms with Gasteiger partial charge < -0.3 is 10.1 Å². The van der Waals surface area contributed by atoms with Crippen molar-refractivity contribution < 1.29 is 4.74 Å². The predicted molar refractivity (Wildman–Crippen MR) is 89.3 cm³/mol. The van der Waals surface area contributed by atoms with Crippen molar-refractivity contribution in [3.05, 3.63) is 35.7 Å². The minimum atomic E-state index is 0.373. The Balaban J connectivity index is 1.64. The third-order valence-corrected chi connectivity index (χ3v) is 4.89. The van der Waals surface area contributed by atoms with E-state index in [0.717, 1.165) is 55.9 Å². The fourth-order valence-electron chi connectivity index (χ4n) is 3.64. The average Bonchev–Trinajstić information content (AvgIpc) is 3.24. The first kappa shape index (κ1) is 14.6. The fraction of sp³-hybridized carbons (Fsp3) is 0.500. The van der Waals surface area contributed by atoms with Crippen molar-refractivity contribution in [2.75, 3.05) is 12.4 Å². The highest BCUT2D eigenvalue weighted by atomic mass is 16.5. The van der Waals surface area contributed by atoms with Gasteiger partial charge in [0.2, 0.25) is 0 Å². The molecule has 5 nitrogen and oxygen atoms in total. The van der Waals surface area contributed by atoms with Gasteiger partial charge >= 0.3 is 0 Å². The van der Waals surface area contributed by atoms with Crippen LogP contribution in [0.3, 0.4) is 0 Å². The summed E-state index contributed by atoms with van der Waals surface area (Å²) in [5.74, 6) is 1.74. The maximum atomic E-state index is 5.48. The van der Waals surface area contributed by atoms with E-state index < -0.39 is 0 Å². The molecule has 23 heavy (non-hydrogen) atoms. The zero-order chi connectivity index (χ0) is 15.6. The Morgan fingerprint density at radius 3 is 2.91 bits per heavy atom. The molecule has 2 heterocycles. The molecule has 5 heteroatoms. The molecule has 0 aliphatic heterocycles. The standard InChI is InChI=1S/C18H22N4O/c1-23-13-9-8-12(11-13)20-17-14-5-4-7-15(14)21-18(22-17)16-6-2-3-10-19-16/h2-3,6,10,12-13H,4-5,7-9,11H2,1H3,(H,20,21,22). The highest BCUT2D eigenvalue weighted by Crippen LogP contribution is 2.31. The first-order chi connectivity index (χ1) is 11.3. The highest BCUT2D eigenvalue weighted by molar-refractivity contribution is 5.58. The largest absolute Gasteiger partial charge is 0.381 e. The van der Waals surface area contributed by atoms with Crippen LogP contribution >= 0.6 is 0 Å². The number of nitrogens with zero attached hydrogens (tertiary/aromatic N) is 3. The molecular formula is C18H22N4O.